The fraction of sp³-hybridized carbons (Fsp3) is 0.308. The number of carbonyl (C=O) groups is 1. The number of carbonyl (C=O) groups excluding carboxylic acids is 1. The number of fused-ring (bicyclic) bond motifs is 1. The Morgan fingerprint density at radius 3 is 2.88 bits per heavy atom. The van der Waals surface area contributed by atoms with Gasteiger partial charge < -0.3 is 14.6 Å². The second-order valence-corrected chi connectivity index (χ2v) is 3.74. The highest BCUT2D eigenvalue weighted by Crippen LogP contribution is 2.34. The average Bonchev–Trinajstić information content (AvgIpc) is 2.64. The van der Waals surface area contributed by atoms with Gasteiger partial charge >= 0.3 is 5.97 Å². The van der Waals surface area contributed by atoms with E-state index in [1.54, 1.807) is 26.2 Å². The number of rotatable bonds is 3. The maximum absolute atomic E-state index is 11.7. The molecular formula is C13H14O4. The van der Waals surface area contributed by atoms with Crippen LogP contribution in [-0.2, 0) is 16.0 Å². The Morgan fingerprint density at radius 2 is 2.24 bits per heavy atom. The lowest BCUT2D eigenvalue weighted by Crippen LogP contribution is -2.07. The normalized spacial score (nSPS) is 13.5. The van der Waals surface area contributed by atoms with Crippen molar-refractivity contribution in [1.82, 2.24) is 0 Å². The molecule has 17 heavy (non-hydrogen) atoms. The van der Waals surface area contributed by atoms with Crippen molar-refractivity contribution >= 4 is 11.5 Å². The lowest BCUT2D eigenvalue weighted by molar-refractivity contribution is -0.136. The second-order valence-electron chi connectivity index (χ2n) is 3.74. The van der Waals surface area contributed by atoms with Gasteiger partial charge in [0.15, 0.2) is 0 Å². The van der Waals surface area contributed by atoms with E-state index in [-0.39, 0.29) is 17.9 Å². The Morgan fingerprint density at radius 1 is 1.47 bits per heavy atom. The molecule has 0 saturated heterocycles. The molecule has 0 spiro atoms. The lowest BCUT2D eigenvalue weighted by Gasteiger charge is -2.07. The lowest BCUT2D eigenvalue weighted by atomic mass is 10.1. The predicted molar refractivity (Wildman–Crippen MR) is 62.9 cm³/mol. The van der Waals surface area contributed by atoms with Gasteiger partial charge in [-0.3, -0.25) is 0 Å². The predicted octanol–water partition coefficient (Wildman–Crippen LogP) is 2.08. The van der Waals surface area contributed by atoms with Crippen molar-refractivity contribution < 1.29 is 19.4 Å². The van der Waals surface area contributed by atoms with Gasteiger partial charge in [-0.15, -0.1) is 0 Å². The monoisotopic (exact) mass is 234 g/mol. The van der Waals surface area contributed by atoms with Crippen molar-refractivity contribution in [3.63, 3.8) is 0 Å². The fourth-order valence-electron chi connectivity index (χ4n) is 1.92. The molecule has 1 aliphatic carbocycles. The molecule has 0 radical (unpaired) electrons. The molecule has 0 unspecified atom stereocenters. The third-order valence-electron chi connectivity index (χ3n) is 2.71. The zero-order valence-corrected chi connectivity index (χ0v) is 9.82. The highest BCUT2D eigenvalue weighted by atomic mass is 16.5. The van der Waals surface area contributed by atoms with Gasteiger partial charge in [0.1, 0.15) is 17.1 Å². The van der Waals surface area contributed by atoms with Crippen LogP contribution in [0.5, 0.6) is 5.75 Å². The van der Waals surface area contributed by atoms with Gasteiger partial charge in [-0.05, 0) is 30.2 Å². The number of ether oxygens (including phenoxy) is 2. The summed E-state index contributed by atoms with van der Waals surface area (Å²) in [4.78, 5) is 11.7. The fourth-order valence-corrected chi connectivity index (χ4v) is 1.92. The molecule has 1 aliphatic rings. The molecule has 0 fully saturated rings. The first-order chi connectivity index (χ1) is 8.17. The van der Waals surface area contributed by atoms with Gasteiger partial charge in [-0.1, -0.05) is 6.07 Å². The van der Waals surface area contributed by atoms with E-state index in [0.29, 0.717) is 17.7 Å². The molecule has 0 amide bonds. The summed E-state index contributed by atoms with van der Waals surface area (Å²) in [6.45, 7) is 2.02. The number of hydrogen-bond acceptors (Lipinski definition) is 4. The van der Waals surface area contributed by atoms with Crippen LogP contribution >= 0.6 is 0 Å². The summed E-state index contributed by atoms with van der Waals surface area (Å²) in [5.41, 5.74) is 1.85. The molecule has 0 aromatic heterocycles. The van der Waals surface area contributed by atoms with Crippen LogP contribution in [0, 0.1) is 0 Å². The van der Waals surface area contributed by atoms with Crippen LogP contribution in [0.25, 0.3) is 5.57 Å². The first kappa shape index (κ1) is 11.5. The third-order valence-corrected chi connectivity index (χ3v) is 2.71. The molecule has 1 aromatic carbocycles. The van der Waals surface area contributed by atoms with Crippen molar-refractivity contribution in [2.75, 3.05) is 13.7 Å². The van der Waals surface area contributed by atoms with Crippen LogP contribution < -0.4 is 4.74 Å². The van der Waals surface area contributed by atoms with Crippen LogP contribution in [-0.4, -0.2) is 24.8 Å². The highest BCUT2D eigenvalue weighted by molar-refractivity contribution is 6.18. The van der Waals surface area contributed by atoms with E-state index in [2.05, 4.69) is 0 Å². The first-order valence-electron chi connectivity index (χ1n) is 5.44. The summed E-state index contributed by atoms with van der Waals surface area (Å²) in [6, 6.07) is 5.39. The largest absolute Gasteiger partial charge is 0.511 e. The van der Waals surface area contributed by atoms with Crippen LogP contribution in [0.2, 0.25) is 0 Å². The summed E-state index contributed by atoms with van der Waals surface area (Å²) in [7, 11) is 1.56. The molecule has 0 saturated carbocycles. The zero-order chi connectivity index (χ0) is 12.4. The van der Waals surface area contributed by atoms with Gasteiger partial charge in [-0.2, -0.15) is 0 Å². The second kappa shape index (κ2) is 4.49. The minimum Gasteiger partial charge on any atom is -0.511 e. The SMILES string of the molecule is CCOC(=O)C1=C(O)Cc2ccc(OC)cc21. The van der Waals surface area contributed by atoms with E-state index < -0.39 is 5.97 Å². The Balaban J connectivity index is 2.42. The smallest absolute Gasteiger partial charge is 0.342 e. The van der Waals surface area contributed by atoms with Crippen molar-refractivity contribution in [3.8, 4) is 5.75 Å². The van der Waals surface area contributed by atoms with Crippen LogP contribution in [0.1, 0.15) is 18.1 Å². The van der Waals surface area contributed by atoms with E-state index in [4.69, 9.17) is 9.47 Å². The van der Waals surface area contributed by atoms with Crippen LogP contribution in [0.15, 0.2) is 24.0 Å². The van der Waals surface area contributed by atoms with Crippen molar-refractivity contribution in [3.05, 3.63) is 35.1 Å². The van der Waals surface area contributed by atoms with E-state index in [1.165, 1.54) is 0 Å². The summed E-state index contributed by atoms with van der Waals surface area (Å²) in [6.07, 6.45) is 0.369. The number of benzene rings is 1. The molecule has 4 nitrogen and oxygen atoms in total. The Bertz CT molecular complexity index is 488. The number of allylic oxidation sites excluding steroid dienone is 1. The van der Waals surface area contributed by atoms with E-state index in [9.17, 15) is 9.90 Å². The number of aliphatic hydroxyl groups excluding tert-OH is 1. The molecule has 4 heteroatoms. The van der Waals surface area contributed by atoms with E-state index in [1.807, 2.05) is 6.07 Å². The number of esters is 1. The van der Waals surface area contributed by atoms with Crippen molar-refractivity contribution in [2.24, 2.45) is 0 Å². The molecule has 0 aliphatic heterocycles. The topological polar surface area (TPSA) is 55.8 Å². The summed E-state index contributed by atoms with van der Waals surface area (Å²) in [5.74, 6) is 0.226. The quantitative estimate of drug-likeness (QED) is 0.813. The summed E-state index contributed by atoms with van der Waals surface area (Å²) >= 11 is 0. The van der Waals surface area contributed by atoms with E-state index >= 15 is 0 Å². The van der Waals surface area contributed by atoms with Gasteiger partial charge in [0.2, 0.25) is 0 Å². The summed E-state index contributed by atoms with van der Waals surface area (Å²) < 4.78 is 10.0. The van der Waals surface area contributed by atoms with Crippen LogP contribution in [0.3, 0.4) is 0 Å². The molecule has 1 N–H and O–H groups in total. The van der Waals surface area contributed by atoms with Crippen molar-refractivity contribution in [2.45, 2.75) is 13.3 Å². The molecule has 2 rings (SSSR count). The maximum atomic E-state index is 11.7. The molecular weight excluding hydrogens is 220 g/mol. The highest BCUT2D eigenvalue weighted by Gasteiger charge is 2.28. The van der Waals surface area contributed by atoms with E-state index in [0.717, 1.165) is 5.56 Å². The standard InChI is InChI=1S/C13H14O4/c1-3-17-13(15)12-10-7-9(16-2)5-4-8(10)6-11(12)14/h4-5,7,14H,3,6H2,1-2H3. The Kier molecular flexibility index (Phi) is 3.04. The average molecular weight is 234 g/mol. The van der Waals surface area contributed by atoms with Crippen LogP contribution in [0.4, 0.5) is 0 Å². The Labute approximate surface area is 99.5 Å². The first-order valence-corrected chi connectivity index (χ1v) is 5.44. The molecule has 0 atom stereocenters. The van der Waals surface area contributed by atoms with Gasteiger partial charge in [0.05, 0.1) is 13.7 Å². The number of aliphatic hydroxyl groups is 1. The number of hydrogen-bond donors (Lipinski definition) is 1. The number of methoxy groups -OCH3 is 1. The van der Waals surface area contributed by atoms with Gasteiger partial charge in [0.25, 0.3) is 0 Å². The molecule has 90 valence electrons. The maximum Gasteiger partial charge on any atom is 0.342 e. The molecule has 1 aromatic rings. The third kappa shape index (κ3) is 1.98. The van der Waals surface area contributed by atoms with Crippen molar-refractivity contribution in [1.29, 1.82) is 0 Å². The minimum absolute atomic E-state index is 0.0618. The van der Waals surface area contributed by atoms with Gasteiger partial charge in [0, 0.05) is 6.42 Å². The molecule has 0 heterocycles. The minimum atomic E-state index is -0.489. The Hall–Kier alpha value is -1.97. The zero-order valence-electron chi connectivity index (χ0n) is 9.82. The summed E-state index contributed by atoms with van der Waals surface area (Å²) in [5, 5.41) is 9.81. The van der Waals surface area contributed by atoms with Gasteiger partial charge in [-0.25, -0.2) is 4.79 Å². The molecule has 0 bridgehead atoms.